The third-order valence-electron chi connectivity index (χ3n) is 3.88. The molecule has 1 aromatic carbocycles. The predicted octanol–water partition coefficient (Wildman–Crippen LogP) is 3.40. The maximum absolute atomic E-state index is 9.73. The maximum Gasteiger partial charge on any atom is 0.117 e. The van der Waals surface area contributed by atoms with Crippen LogP contribution in [0.15, 0.2) is 24.3 Å². The number of anilines is 1. The lowest BCUT2D eigenvalue weighted by atomic mass is 9.82. The van der Waals surface area contributed by atoms with Crippen molar-refractivity contribution in [2.45, 2.75) is 37.6 Å². The SMILES string of the molecule is OCC1(Nc2snc3ccccc23)CCCCC1. The Labute approximate surface area is 111 Å². The fraction of sp³-hybridized carbons (Fsp3) is 0.500. The molecule has 1 fully saturated rings. The highest BCUT2D eigenvalue weighted by Gasteiger charge is 2.32. The number of nitrogens with one attached hydrogen (secondary N) is 1. The Kier molecular flexibility index (Phi) is 3.22. The summed E-state index contributed by atoms with van der Waals surface area (Å²) in [7, 11) is 0. The average molecular weight is 262 g/mol. The minimum atomic E-state index is -0.131. The van der Waals surface area contributed by atoms with Crippen LogP contribution in [0.1, 0.15) is 32.1 Å². The molecular formula is C14H18N2OS. The molecule has 4 heteroatoms. The third-order valence-corrected chi connectivity index (χ3v) is 4.67. The molecule has 1 aliphatic carbocycles. The zero-order chi connectivity index (χ0) is 12.4. The monoisotopic (exact) mass is 262 g/mol. The van der Waals surface area contributed by atoms with E-state index in [9.17, 15) is 5.11 Å². The smallest absolute Gasteiger partial charge is 0.117 e. The molecule has 2 aromatic rings. The van der Waals surface area contributed by atoms with E-state index in [-0.39, 0.29) is 12.1 Å². The Balaban J connectivity index is 1.90. The van der Waals surface area contributed by atoms with Crippen molar-refractivity contribution in [3.63, 3.8) is 0 Å². The first-order chi connectivity index (χ1) is 8.83. The highest BCUT2D eigenvalue weighted by molar-refractivity contribution is 7.11. The normalized spacial score (nSPS) is 18.9. The molecule has 1 aliphatic rings. The van der Waals surface area contributed by atoms with Gasteiger partial charge in [0.25, 0.3) is 0 Å². The van der Waals surface area contributed by atoms with Gasteiger partial charge in [0.2, 0.25) is 0 Å². The molecule has 1 aromatic heterocycles. The Morgan fingerprint density at radius 3 is 2.78 bits per heavy atom. The standard InChI is InChI=1S/C14H18N2OS/c17-10-14(8-4-1-5-9-14)15-13-11-6-2-3-7-12(11)16-18-13/h2-3,6-7,15,17H,1,4-5,8-10H2. The fourth-order valence-corrected chi connectivity index (χ4v) is 3.65. The molecule has 0 aliphatic heterocycles. The molecule has 0 atom stereocenters. The Morgan fingerprint density at radius 2 is 2.00 bits per heavy atom. The van der Waals surface area contributed by atoms with Crippen LogP contribution in [0.25, 0.3) is 10.9 Å². The van der Waals surface area contributed by atoms with Crippen LogP contribution >= 0.6 is 11.5 Å². The van der Waals surface area contributed by atoms with E-state index in [1.165, 1.54) is 36.2 Å². The maximum atomic E-state index is 9.73. The van der Waals surface area contributed by atoms with E-state index in [0.29, 0.717) is 0 Å². The highest BCUT2D eigenvalue weighted by atomic mass is 32.1. The first-order valence-corrected chi connectivity index (χ1v) is 7.34. The van der Waals surface area contributed by atoms with E-state index < -0.39 is 0 Å². The van der Waals surface area contributed by atoms with Gasteiger partial charge in [0.05, 0.1) is 17.7 Å². The van der Waals surface area contributed by atoms with E-state index >= 15 is 0 Å². The molecule has 0 amide bonds. The van der Waals surface area contributed by atoms with Crippen LogP contribution in [0, 0.1) is 0 Å². The quantitative estimate of drug-likeness (QED) is 0.891. The van der Waals surface area contributed by atoms with Crippen molar-refractivity contribution >= 4 is 27.4 Å². The number of fused-ring (bicyclic) bond motifs is 1. The molecule has 96 valence electrons. The number of aliphatic hydroxyl groups is 1. The second-order valence-corrected chi connectivity index (χ2v) is 5.93. The van der Waals surface area contributed by atoms with Crippen molar-refractivity contribution in [1.29, 1.82) is 0 Å². The molecule has 0 unspecified atom stereocenters. The summed E-state index contributed by atoms with van der Waals surface area (Å²) in [5.74, 6) is 0. The number of hydrogen-bond donors (Lipinski definition) is 2. The van der Waals surface area contributed by atoms with Crippen LogP contribution < -0.4 is 5.32 Å². The second-order valence-electron chi connectivity index (χ2n) is 5.15. The number of benzene rings is 1. The number of aromatic nitrogens is 1. The lowest BCUT2D eigenvalue weighted by Gasteiger charge is -2.36. The Morgan fingerprint density at radius 1 is 1.22 bits per heavy atom. The first-order valence-electron chi connectivity index (χ1n) is 6.56. The summed E-state index contributed by atoms with van der Waals surface area (Å²) in [5.41, 5.74) is 0.905. The number of aliphatic hydroxyl groups excluding tert-OH is 1. The van der Waals surface area contributed by atoms with Gasteiger partial charge >= 0.3 is 0 Å². The molecule has 3 rings (SSSR count). The summed E-state index contributed by atoms with van der Waals surface area (Å²) >= 11 is 1.50. The van der Waals surface area contributed by atoms with Crippen molar-refractivity contribution in [3.05, 3.63) is 24.3 Å². The summed E-state index contributed by atoms with van der Waals surface area (Å²) in [6, 6.07) is 8.17. The van der Waals surface area contributed by atoms with Gasteiger partial charge in [0.1, 0.15) is 5.00 Å². The van der Waals surface area contributed by atoms with Gasteiger partial charge < -0.3 is 10.4 Å². The van der Waals surface area contributed by atoms with E-state index in [2.05, 4.69) is 15.8 Å². The van der Waals surface area contributed by atoms with Gasteiger partial charge in [-0.25, -0.2) is 0 Å². The Hall–Kier alpha value is -1.13. The van der Waals surface area contributed by atoms with Gasteiger partial charge in [-0.2, -0.15) is 4.37 Å². The summed E-state index contributed by atoms with van der Waals surface area (Å²) in [5, 5.41) is 15.6. The van der Waals surface area contributed by atoms with Crippen molar-refractivity contribution in [3.8, 4) is 0 Å². The third kappa shape index (κ3) is 2.10. The number of hydrogen-bond acceptors (Lipinski definition) is 4. The van der Waals surface area contributed by atoms with Gasteiger partial charge in [0, 0.05) is 5.39 Å². The van der Waals surface area contributed by atoms with Crippen molar-refractivity contribution in [1.82, 2.24) is 4.37 Å². The summed E-state index contributed by atoms with van der Waals surface area (Å²) < 4.78 is 4.45. The van der Waals surface area contributed by atoms with Gasteiger partial charge in [-0.1, -0.05) is 31.4 Å². The fourth-order valence-electron chi connectivity index (χ4n) is 2.77. The topological polar surface area (TPSA) is 45.1 Å². The van der Waals surface area contributed by atoms with Crippen molar-refractivity contribution in [2.75, 3.05) is 11.9 Å². The largest absolute Gasteiger partial charge is 0.394 e. The molecule has 1 heterocycles. The molecule has 3 nitrogen and oxygen atoms in total. The molecule has 0 radical (unpaired) electrons. The molecular weight excluding hydrogens is 244 g/mol. The van der Waals surface area contributed by atoms with Gasteiger partial charge in [-0.05, 0) is 36.5 Å². The molecule has 1 saturated carbocycles. The molecule has 0 saturated heterocycles. The molecule has 0 bridgehead atoms. The van der Waals surface area contributed by atoms with Gasteiger partial charge in [0.15, 0.2) is 0 Å². The van der Waals surface area contributed by atoms with E-state index in [1.807, 2.05) is 18.2 Å². The van der Waals surface area contributed by atoms with Crippen LogP contribution in [-0.2, 0) is 0 Å². The number of nitrogens with zero attached hydrogens (tertiary/aromatic N) is 1. The molecule has 0 spiro atoms. The lowest BCUT2D eigenvalue weighted by molar-refractivity contribution is 0.173. The summed E-state index contributed by atoms with van der Waals surface area (Å²) in [6.07, 6.45) is 5.78. The minimum absolute atomic E-state index is 0.131. The zero-order valence-corrected chi connectivity index (χ0v) is 11.2. The van der Waals surface area contributed by atoms with E-state index in [0.717, 1.165) is 23.4 Å². The lowest BCUT2D eigenvalue weighted by Crippen LogP contribution is -2.43. The summed E-state index contributed by atoms with van der Waals surface area (Å²) in [4.78, 5) is 0. The first kappa shape index (κ1) is 11.9. The van der Waals surface area contributed by atoms with Crippen LogP contribution in [0.4, 0.5) is 5.00 Å². The van der Waals surface area contributed by atoms with Crippen LogP contribution in [-0.4, -0.2) is 21.6 Å². The van der Waals surface area contributed by atoms with Crippen LogP contribution in [0.2, 0.25) is 0 Å². The zero-order valence-electron chi connectivity index (χ0n) is 10.4. The number of rotatable bonds is 3. The summed E-state index contributed by atoms with van der Waals surface area (Å²) in [6.45, 7) is 0.208. The predicted molar refractivity (Wildman–Crippen MR) is 76.1 cm³/mol. The van der Waals surface area contributed by atoms with Crippen molar-refractivity contribution < 1.29 is 5.11 Å². The van der Waals surface area contributed by atoms with Crippen molar-refractivity contribution in [2.24, 2.45) is 0 Å². The van der Waals surface area contributed by atoms with E-state index in [1.54, 1.807) is 0 Å². The van der Waals surface area contributed by atoms with Gasteiger partial charge in [-0.15, -0.1) is 0 Å². The second kappa shape index (κ2) is 4.86. The average Bonchev–Trinajstić information content (AvgIpc) is 2.83. The molecule has 18 heavy (non-hydrogen) atoms. The minimum Gasteiger partial charge on any atom is -0.394 e. The van der Waals surface area contributed by atoms with Crippen LogP contribution in [0.3, 0.4) is 0 Å². The van der Waals surface area contributed by atoms with E-state index in [4.69, 9.17) is 0 Å². The van der Waals surface area contributed by atoms with Gasteiger partial charge in [-0.3, -0.25) is 0 Å². The Bertz CT molecular complexity index is 531. The molecule has 2 N–H and O–H groups in total. The van der Waals surface area contributed by atoms with Crippen LogP contribution in [0.5, 0.6) is 0 Å². The highest BCUT2D eigenvalue weighted by Crippen LogP contribution is 2.35.